The maximum Gasteiger partial charge on any atom is 0.323 e. The molecule has 0 aromatic heterocycles. The Morgan fingerprint density at radius 2 is 1.89 bits per heavy atom. The zero-order chi connectivity index (χ0) is 15.0. The molecule has 7 heteroatoms. The molecule has 0 aliphatic rings. The summed E-state index contributed by atoms with van der Waals surface area (Å²) in [6.07, 6.45) is 0. The molecule has 0 aromatic carbocycles. The molecule has 1 atom stereocenters. The molecule has 0 heterocycles. The van der Waals surface area contributed by atoms with Crippen LogP contribution in [-0.2, 0) is 19.1 Å². The molecule has 2 N–H and O–H groups in total. The lowest BCUT2D eigenvalue weighted by atomic mass is 10.0. The number of methoxy groups -OCH3 is 1. The van der Waals surface area contributed by atoms with Crippen molar-refractivity contribution < 1.29 is 24.2 Å². The molecule has 19 heavy (non-hydrogen) atoms. The number of rotatable bonds is 8. The molecule has 0 radical (unpaired) electrons. The lowest BCUT2D eigenvalue weighted by Crippen LogP contribution is -2.52. The standard InChI is InChI=1S/C12H22N2O5/c1-8(2)11(13-9(3)15)12(18)14(5-6-19-4)7-10(16)17/h8,11H,5-7H2,1-4H3,(H,13,15)(H,16,17). The van der Waals surface area contributed by atoms with Gasteiger partial charge in [-0.25, -0.2) is 0 Å². The molecular formula is C12H22N2O5. The molecule has 2 amide bonds. The van der Waals surface area contributed by atoms with Gasteiger partial charge in [0.1, 0.15) is 12.6 Å². The number of nitrogens with one attached hydrogen (secondary N) is 1. The number of carbonyl (C=O) groups is 3. The summed E-state index contributed by atoms with van der Waals surface area (Å²) in [5, 5.41) is 11.4. The highest BCUT2D eigenvalue weighted by molar-refractivity contribution is 5.89. The van der Waals surface area contributed by atoms with Gasteiger partial charge in [0.05, 0.1) is 6.61 Å². The molecule has 0 spiro atoms. The first-order chi connectivity index (χ1) is 8.79. The van der Waals surface area contributed by atoms with Gasteiger partial charge in [0.15, 0.2) is 0 Å². The number of amides is 2. The summed E-state index contributed by atoms with van der Waals surface area (Å²) in [6, 6.07) is -0.728. The van der Waals surface area contributed by atoms with Gasteiger partial charge >= 0.3 is 5.97 Å². The van der Waals surface area contributed by atoms with Crippen LogP contribution in [0, 0.1) is 5.92 Å². The molecule has 0 rings (SSSR count). The zero-order valence-corrected chi connectivity index (χ0v) is 11.8. The number of carbonyl (C=O) groups excluding carboxylic acids is 2. The average Bonchev–Trinajstić information content (AvgIpc) is 2.29. The van der Waals surface area contributed by atoms with Crippen LogP contribution in [0.3, 0.4) is 0 Å². The van der Waals surface area contributed by atoms with Gasteiger partial charge in [0.25, 0.3) is 0 Å². The van der Waals surface area contributed by atoms with Crippen LogP contribution in [0.15, 0.2) is 0 Å². The Hall–Kier alpha value is -1.63. The van der Waals surface area contributed by atoms with E-state index in [9.17, 15) is 14.4 Å². The Morgan fingerprint density at radius 3 is 2.26 bits per heavy atom. The molecule has 110 valence electrons. The largest absolute Gasteiger partial charge is 0.480 e. The summed E-state index contributed by atoms with van der Waals surface area (Å²) >= 11 is 0. The van der Waals surface area contributed by atoms with Gasteiger partial charge in [-0.3, -0.25) is 14.4 Å². The SMILES string of the molecule is COCCN(CC(=O)O)C(=O)C(NC(C)=O)C(C)C. The number of hydrogen-bond acceptors (Lipinski definition) is 4. The normalized spacial score (nSPS) is 12.1. The molecule has 0 aliphatic heterocycles. The highest BCUT2D eigenvalue weighted by atomic mass is 16.5. The monoisotopic (exact) mass is 274 g/mol. The van der Waals surface area contributed by atoms with Gasteiger partial charge in [0.2, 0.25) is 11.8 Å². The predicted octanol–water partition coefficient (Wildman–Crippen LogP) is -0.293. The molecule has 0 aromatic rings. The first-order valence-electron chi connectivity index (χ1n) is 6.06. The Bertz CT molecular complexity index is 330. The second-order valence-electron chi connectivity index (χ2n) is 4.57. The van der Waals surface area contributed by atoms with Crippen LogP contribution < -0.4 is 5.32 Å². The van der Waals surface area contributed by atoms with Gasteiger partial charge in [-0.15, -0.1) is 0 Å². The van der Waals surface area contributed by atoms with Crippen LogP contribution in [0.25, 0.3) is 0 Å². The number of ether oxygens (including phenoxy) is 1. The summed E-state index contributed by atoms with van der Waals surface area (Å²) in [5.41, 5.74) is 0. The van der Waals surface area contributed by atoms with Gasteiger partial charge in [0, 0.05) is 20.6 Å². The quantitative estimate of drug-likeness (QED) is 0.634. The predicted molar refractivity (Wildman–Crippen MR) is 68.5 cm³/mol. The van der Waals surface area contributed by atoms with E-state index in [2.05, 4.69) is 5.32 Å². The third kappa shape index (κ3) is 6.76. The topological polar surface area (TPSA) is 95.9 Å². The van der Waals surface area contributed by atoms with Crippen molar-refractivity contribution in [1.82, 2.24) is 10.2 Å². The van der Waals surface area contributed by atoms with Crippen molar-refractivity contribution in [2.45, 2.75) is 26.8 Å². The van der Waals surface area contributed by atoms with Crippen molar-refractivity contribution in [2.24, 2.45) is 5.92 Å². The van der Waals surface area contributed by atoms with E-state index in [1.54, 1.807) is 13.8 Å². The van der Waals surface area contributed by atoms with E-state index in [4.69, 9.17) is 9.84 Å². The third-order valence-electron chi connectivity index (χ3n) is 2.49. The smallest absolute Gasteiger partial charge is 0.323 e. The first-order valence-corrected chi connectivity index (χ1v) is 6.06. The second-order valence-corrected chi connectivity index (χ2v) is 4.57. The van der Waals surface area contributed by atoms with Crippen molar-refractivity contribution in [3.63, 3.8) is 0 Å². The van der Waals surface area contributed by atoms with Gasteiger partial charge in [-0.1, -0.05) is 13.8 Å². The number of nitrogens with zero attached hydrogens (tertiary/aromatic N) is 1. The molecule has 0 saturated heterocycles. The average molecular weight is 274 g/mol. The molecule has 0 fully saturated rings. The summed E-state index contributed by atoms with van der Waals surface area (Å²) in [4.78, 5) is 35.3. The number of hydrogen-bond donors (Lipinski definition) is 2. The molecular weight excluding hydrogens is 252 g/mol. The zero-order valence-electron chi connectivity index (χ0n) is 11.8. The van der Waals surface area contributed by atoms with E-state index in [1.807, 2.05) is 0 Å². The summed E-state index contributed by atoms with van der Waals surface area (Å²) in [7, 11) is 1.47. The summed E-state index contributed by atoms with van der Waals surface area (Å²) < 4.78 is 4.85. The Balaban J connectivity index is 4.88. The van der Waals surface area contributed by atoms with Crippen molar-refractivity contribution >= 4 is 17.8 Å². The van der Waals surface area contributed by atoms with Gasteiger partial charge in [-0.05, 0) is 5.92 Å². The minimum Gasteiger partial charge on any atom is -0.480 e. The fraction of sp³-hybridized carbons (Fsp3) is 0.750. The summed E-state index contributed by atoms with van der Waals surface area (Å²) in [6.45, 7) is 4.89. The van der Waals surface area contributed by atoms with E-state index in [0.717, 1.165) is 0 Å². The summed E-state index contributed by atoms with van der Waals surface area (Å²) in [5.74, 6) is -1.97. The third-order valence-corrected chi connectivity index (χ3v) is 2.49. The highest BCUT2D eigenvalue weighted by Crippen LogP contribution is 2.06. The molecule has 0 bridgehead atoms. The second kappa shape index (κ2) is 8.47. The van der Waals surface area contributed by atoms with E-state index in [1.165, 1.54) is 18.9 Å². The van der Waals surface area contributed by atoms with Crippen molar-refractivity contribution in [3.05, 3.63) is 0 Å². The maximum atomic E-state index is 12.3. The minimum atomic E-state index is -1.10. The van der Waals surface area contributed by atoms with Gasteiger partial charge in [-0.2, -0.15) is 0 Å². The first kappa shape index (κ1) is 17.4. The minimum absolute atomic E-state index is 0.129. The fourth-order valence-corrected chi connectivity index (χ4v) is 1.56. The van der Waals surface area contributed by atoms with Crippen LogP contribution in [-0.4, -0.2) is 60.6 Å². The number of carboxylic acids is 1. The molecule has 7 nitrogen and oxygen atoms in total. The Kier molecular flexibility index (Phi) is 7.74. The Labute approximate surface area is 112 Å². The molecule has 1 unspecified atom stereocenters. The van der Waals surface area contributed by atoms with Crippen LogP contribution in [0.1, 0.15) is 20.8 Å². The number of aliphatic carboxylic acids is 1. The molecule has 0 aliphatic carbocycles. The van der Waals surface area contributed by atoms with Crippen molar-refractivity contribution in [1.29, 1.82) is 0 Å². The lowest BCUT2D eigenvalue weighted by molar-refractivity contribution is -0.146. The fourth-order valence-electron chi connectivity index (χ4n) is 1.56. The van der Waals surface area contributed by atoms with Gasteiger partial charge < -0.3 is 20.1 Å². The van der Waals surface area contributed by atoms with Crippen LogP contribution in [0.5, 0.6) is 0 Å². The van der Waals surface area contributed by atoms with Crippen molar-refractivity contribution in [3.8, 4) is 0 Å². The van der Waals surface area contributed by atoms with E-state index in [0.29, 0.717) is 0 Å². The van der Waals surface area contributed by atoms with Crippen LogP contribution in [0.2, 0.25) is 0 Å². The maximum absolute atomic E-state index is 12.3. The van der Waals surface area contributed by atoms with E-state index < -0.39 is 24.5 Å². The van der Waals surface area contributed by atoms with Crippen LogP contribution in [0.4, 0.5) is 0 Å². The lowest BCUT2D eigenvalue weighted by Gasteiger charge is -2.28. The van der Waals surface area contributed by atoms with E-state index in [-0.39, 0.29) is 25.0 Å². The van der Waals surface area contributed by atoms with Crippen molar-refractivity contribution in [2.75, 3.05) is 26.8 Å². The van der Waals surface area contributed by atoms with E-state index >= 15 is 0 Å². The number of carboxylic acid groups (broad SMARTS) is 1. The molecule has 0 saturated carbocycles. The highest BCUT2D eigenvalue weighted by Gasteiger charge is 2.28. The van der Waals surface area contributed by atoms with Crippen LogP contribution >= 0.6 is 0 Å². The Morgan fingerprint density at radius 1 is 1.32 bits per heavy atom.